The Morgan fingerprint density at radius 3 is 1.51 bits per heavy atom. The molecule has 4 amide bonds. The highest BCUT2D eigenvalue weighted by Gasteiger charge is 2.47. The summed E-state index contributed by atoms with van der Waals surface area (Å²) in [5.74, 6) is -1.60. The molecule has 3 aliphatic rings. The van der Waals surface area contributed by atoms with Crippen LogP contribution in [0.1, 0.15) is 59.1 Å². The molecule has 94 heavy (non-hydrogen) atoms. The van der Waals surface area contributed by atoms with Crippen molar-refractivity contribution in [1.29, 1.82) is 0 Å². The molecule has 12 heterocycles. The molecule has 0 aliphatic carbocycles. The second kappa shape index (κ2) is 27.1. The molecule has 12 rings (SSSR count). The number of fused-ring (bicyclic) bond motifs is 3. The van der Waals surface area contributed by atoms with Gasteiger partial charge in [-0.05, 0) is 102 Å². The van der Waals surface area contributed by atoms with Crippen molar-refractivity contribution in [1.82, 2.24) is 80.7 Å². The molecule has 0 radical (unpaired) electrons. The Hall–Kier alpha value is -10.4. The first-order valence-corrected chi connectivity index (χ1v) is 29.4. The summed E-state index contributed by atoms with van der Waals surface area (Å²) in [5, 5.41) is 8.26. The normalized spacial score (nSPS) is 18.3. The summed E-state index contributed by atoms with van der Waals surface area (Å²) in [7, 11) is 0. The number of allylic oxidation sites excluding steroid dienone is 1. The van der Waals surface area contributed by atoms with Gasteiger partial charge in [-0.1, -0.05) is 5.57 Å². The van der Waals surface area contributed by atoms with Gasteiger partial charge >= 0.3 is 18.5 Å². The van der Waals surface area contributed by atoms with Crippen LogP contribution in [0.2, 0.25) is 0 Å². The smallest absolute Gasteiger partial charge is 0.345 e. The molecule has 9 aromatic rings. The van der Waals surface area contributed by atoms with E-state index in [0.29, 0.717) is 77.2 Å². The van der Waals surface area contributed by atoms with Crippen LogP contribution in [0, 0.1) is 5.82 Å². The van der Waals surface area contributed by atoms with Crippen molar-refractivity contribution in [2.75, 3.05) is 67.1 Å². The maximum Gasteiger partial charge on any atom is 0.405 e. The number of piperazine rings is 1. The molecule has 502 valence electrons. The molecule has 33 heteroatoms. The summed E-state index contributed by atoms with van der Waals surface area (Å²) in [6, 6.07) is 13.1. The van der Waals surface area contributed by atoms with Crippen LogP contribution in [0.25, 0.3) is 67.3 Å². The van der Waals surface area contributed by atoms with E-state index in [0.717, 1.165) is 33.5 Å². The number of aromatic amines is 3. The molecule has 3 aliphatic heterocycles. The summed E-state index contributed by atoms with van der Waals surface area (Å²) in [6.45, 7) is 3.60. The predicted molar refractivity (Wildman–Crippen MR) is 334 cm³/mol. The van der Waals surface area contributed by atoms with Crippen LogP contribution >= 0.6 is 0 Å². The van der Waals surface area contributed by atoms with Gasteiger partial charge in [0.05, 0.1) is 12.7 Å². The maximum atomic E-state index is 14.7. The fourth-order valence-electron chi connectivity index (χ4n) is 11.3. The monoisotopic (exact) mass is 1320 g/mol. The molecule has 23 nitrogen and oxygen atoms in total. The van der Waals surface area contributed by atoms with Crippen LogP contribution in [0.15, 0.2) is 116 Å². The summed E-state index contributed by atoms with van der Waals surface area (Å²) < 4.78 is 128. The lowest BCUT2D eigenvalue weighted by atomic mass is 9.97. The Kier molecular flexibility index (Phi) is 19.2. The zero-order valence-corrected chi connectivity index (χ0v) is 50.7. The van der Waals surface area contributed by atoms with Crippen LogP contribution in [0.4, 0.5) is 61.4 Å². The fourth-order valence-corrected chi connectivity index (χ4v) is 11.3. The highest BCUT2D eigenvalue weighted by molar-refractivity contribution is 5.95. The molecule has 3 fully saturated rings. The van der Waals surface area contributed by atoms with E-state index >= 15 is 0 Å². The number of aromatic nitrogens is 12. The second-order valence-corrected chi connectivity index (χ2v) is 22.8. The number of pyridine rings is 3. The lowest BCUT2D eigenvalue weighted by Gasteiger charge is -2.41. The van der Waals surface area contributed by atoms with Gasteiger partial charge in [-0.15, -0.1) is 0 Å². The number of carbonyl (C=O) groups excluding carboxylic acids is 4. The van der Waals surface area contributed by atoms with E-state index in [1.807, 2.05) is 40.2 Å². The Labute approximate surface area is 534 Å². The van der Waals surface area contributed by atoms with Gasteiger partial charge in [-0.3, -0.25) is 19.2 Å². The van der Waals surface area contributed by atoms with E-state index in [-0.39, 0.29) is 55.9 Å². The Bertz CT molecular complexity index is 4290. The number of halogens is 10. The van der Waals surface area contributed by atoms with E-state index in [9.17, 15) is 63.1 Å². The number of hydrogen-bond donors (Lipinski definition) is 6. The van der Waals surface area contributed by atoms with Crippen LogP contribution in [-0.2, 0) is 19.2 Å². The third-order valence-electron chi connectivity index (χ3n) is 15.9. The Balaban J connectivity index is 0.000000228. The number of anilines is 3. The summed E-state index contributed by atoms with van der Waals surface area (Å²) >= 11 is 0. The maximum absolute atomic E-state index is 14.7. The van der Waals surface area contributed by atoms with Crippen molar-refractivity contribution in [3.8, 4) is 34.2 Å². The van der Waals surface area contributed by atoms with E-state index in [1.165, 1.54) is 29.0 Å². The van der Waals surface area contributed by atoms with Gasteiger partial charge in [0.15, 0.2) is 29.1 Å². The largest absolute Gasteiger partial charge is 0.405 e. The molecular formula is C61H69F10N19O4. The minimum Gasteiger partial charge on any atom is -0.345 e. The van der Waals surface area contributed by atoms with Crippen LogP contribution in [-0.4, -0.2) is 176 Å². The first-order chi connectivity index (χ1) is 44.6. The number of alkyl halides is 9. The average Bonchev–Trinajstić information content (AvgIpc) is 1.57. The number of nitrogens with one attached hydrogen (secondary N) is 6. The number of nitrogens with zero attached hydrogens (tertiary/aromatic N) is 13. The quantitative estimate of drug-likeness (QED) is 0.0462. The first kappa shape index (κ1) is 66.5. The van der Waals surface area contributed by atoms with Gasteiger partial charge in [0, 0.05) is 120 Å². The number of amides is 4. The lowest BCUT2D eigenvalue weighted by Crippen LogP contribution is -2.61. The molecule has 0 spiro atoms. The minimum atomic E-state index is -4.56. The van der Waals surface area contributed by atoms with Crippen molar-refractivity contribution in [3.63, 3.8) is 0 Å². The van der Waals surface area contributed by atoms with Gasteiger partial charge in [0.2, 0.25) is 23.6 Å². The molecular weight excluding hydrogens is 1250 g/mol. The third-order valence-corrected chi connectivity index (χ3v) is 15.9. The lowest BCUT2D eigenvalue weighted by molar-refractivity contribution is -0.141. The van der Waals surface area contributed by atoms with Gasteiger partial charge in [0.25, 0.3) is 0 Å². The molecule has 0 unspecified atom stereocenters. The summed E-state index contributed by atoms with van der Waals surface area (Å²) in [5.41, 5.74) is 2.34. The molecule has 0 bridgehead atoms. The summed E-state index contributed by atoms with van der Waals surface area (Å²) in [6.07, 6.45) is 3.96. The zero-order valence-electron chi connectivity index (χ0n) is 50.7. The topological polar surface area (TPSA) is 281 Å². The van der Waals surface area contributed by atoms with Crippen molar-refractivity contribution < 1.29 is 68.8 Å². The zero-order chi connectivity index (χ0) is 67.3. The van der Waals surface area contributed by atoms with Gasteiger partial charge in [-0.25, -0.2) is 49.2 Å². The summed E-state index contributed by atoms with van der Waals surface area (Å²) in [4.78, 5) is 105. The van der Waals surface area contributed by atoms with E-state index < -0.39 is 78.8 Å². The van der Waals surface area contributed by atoms with Gasteiger partial charge in [0.1, 0.15) is 65.3 Å². The SMILES string of the molecule is CC(C)=CC(=O)N1CCN(c2ccnc(-c3c[nH]c4ncccc34)n2)[C@@H](C(=O)NCC(F)(F)F)C1.C[C@]1(C(=O)NCC(F)(F)F)CCCN1c1ccnc(-c2c[nH]c3ncccc23)n1.C[C@]1(C(=O)NCC(F)(F)F)CCCN1c1nc(-c2c[nH]c3ncccc23)ncc1F.[HH].[HH].[HH].[HH]. The van der Waals surface area contributed by atoms with Gasteiger partial charge < -0.3 is 50.5 Å². The van der Waals surface area contributed by atoms with E-state index in [4.69, 9.17) is 0 Å². The van der Waals surface area contributed by atoms with E-state index in [2.05, 4.69) is 59.8 Å². The molecule has 0 aromatic carbocycles. The van der Waals surface area contributed by atoms with Crippen LogP contribution in [0.5, 0.6) is 0 Å². The number of rotatable bonds is 13. The highest BCUT2D eigenvalue weighted by atomic mass is 19.4. The minimum absolute atomic E-state index is 0. The standard InChI is InChI=1S/C23H24F3N7O2.C19H18F4N6O.C19H19F3N6O.4H2/c1-14(2)10-19(34)32-8-9-33(17(12-32)22(35)30-13-23(24,25)26)18-5-7-28-21(31-18)16-11-29-20-15(16)4-3-6-27-20;1-18(17(30)27-10-19(21,22)23)5-3-7-29(18)16-13(20)9-26-15(28-16)12-8-25-14-11(12)4-2-6-24-14;1-18(17(29)26-11-19(20,21)22)6-3-9-28(18)14-5-8-24-16(27-14)13-10-25-15-12(13)4-2-7-23-15;;;;/h3-7,10-11,17H,8-9,12-13H2,1-2H3,(H,27,29)(H,30,35);2,4,6,8-9H,3,5,7,10H2,1H3,(H,24,25)(H,27,30);2,4-5,7-8,10H,3,6,9,11H2,1H3,(H,23,25)(H,26,29);4*1H/t17-;2*18-;;;;/m111..../s1. The third kappa shape index (κ3) is 15.1. The number of carbonyl (C=O) groups is 4. The second-order valence-electron chi connectivity index (χ2n) is 22.8. The van der Waals surface area contributed by atoms with Gasteiger partial charge in [-0.2, -0.15) is 39.5 Å². The highest BCUT2D eigenvalue weighted by Crippen LogP contribution is 2.38. The van der Waals surface area contributed by atoms with Crippen molar-refractivity contribution in [2.24, 2.45) is 0 Å². The van der Waals surface area contributed by atoms with Crippen molar-refractivity contribution >= 4 is 74.2 Å². The predicted octanol–water partition coefficient (Wildman–Crippen LogP) is 9.92. The molecule has 3 atom stereocenters. The molecule has 6 N–H and O–H groups in total. The Morgan fingerprint density at radius 2 is 1.02 bits per heavy atom. The Morgan fingerprint density at radius 1 is 0.574 bits per heavy atom. The van der Waals surface area contributed by atoms with Crippen molar-refractivity contribution in [3.05, 3.63) is 122 Å². The van der Waals surface area contributed by atoms with Crippen LogP contribution < -0.4 is 30.7 Å². The molecule has 9 aromatic heterocycles. The van der Waals surface area contributed by atoms with Crippen molar-refractivity contribution in [2.45, 2.75) is 89.0 Å². The number of hydrogen-bond acceptors (Lipinski definition) is 16. The fraction of sp³-hybridized carbons (Fsp3) is 0.361. The van der Waals surface area contributed by atoms with Crippen LogP contribution in [0.3, 0.4) is 0 Å². The average molecular weight is 1320 g/mol. The van der Waals surface area contributed by atoms with E-state index in [1.54, 1.807) is 98.2 Å². The number of H-pyrrole nitrogens is 3. The molecule has 3 saturated heterocycles. The molecule has 0 saturated carbocycles. The first-order valence-electron chi connectivity index (χ1n) is 29.4.